The van der Waals surface area contributed by atoms with Crippen molar-refractivity contribution in [3.8, 4) is 17.2 Å². The first-order chi connectivity index (χ1) is 14.7. The minimum atomic E-state index is -0.287. The van der Waals surface area contributed by atoms with Crippen LogP contribution in [-0.4, -0.2) is 50.6 Å². The predicted octanol–water partition coefficient (Wildman–Crippen LogP) is 4.70. The van der Waals surface area contributed by atoms with Gasteiger partial charge in [-0.25, -0.2) is 0 Å². The van der Waals surface area contributed by atoms with Crippen LogP contribution in [-0.2, 0) is 0 Å². The van der Waals surface area contributed by atoms with Gasteiger partial charge in [0.2, 0.25) is 0 Å². The number of ketones is 1. The maximum absolute atomic E-state index is 13.0. The summed E-state index contributed by atoms with van der Waals surface area (Å²) in [4.78, 5) is 15.5. The molecule has 4 rings (SSSR count). The lowest BCUT2D eigenvalue weighted by Gasteiger charge is -2.26. The second kappa shape index (κ2) is 9.98. The van der Waals surface area contributed by atoms with Crippen molar-refractivity contribution < 1.29 is 19.0 Å². The fourth-order valence-corrected chi connectivity index (χ4v) is 4.25. The molecule has 2 aromatic carbocycles. The molecule has 5 nitrogen and oxygen atoms in total. The lowest BCUT2D eigenvalue weighted by atomic mass is 9.89. The van der Waals surface area contributed by atoms with Crippen LogP contribution in [0.15, 0.2) is 42.5 Å². The highest BCUT2D eigenvalue weighted by atomic mass is 16.5. The van der Waals surface area contributed by atoms with Crippen LogP contribution in [0.25, 0.3) is 0 Å². The van der Waals surface area contributed by atoms with Gasteiger partial charge in [-0.1, -0.05) is 18.6 Å². The summed E-state index contributed by atoms with van der Waals surface area (Å²) in [5.74, 6) is 1.97. The maximum Gasteiger partial charge on any atom is 0.177 e. The van der Waals surface area contributed by atoms with Crippen LogP contribution in [0.4, 0.5) is 0 Å². The molecule has 1 saturated heterocycles. The summed E-state index contributed by atoms with van der Waals surface area (Å²) in [5, 5.41) is 0. The molecule has 1 atom stereocenters. The van der Waals surface area contributed by atoms with Gasteiger partial charge < -0.3 is 19.1 Å². The van der Waals surface area contributed by atoms with E-state index in [2.05, 4.69) is 4.90 Å². The smallest absolute Gasteiger partial charge is 0.177 e. The molecule has 0 amide bonds. The molecule has 1 fully saturated rings. The number of hydrogen-bond acceptors (Lipinski definition) is 5. The first kappa shape index (κ1) is 20.7. The van der Waals surface area contributed by atoms with Crippen LogP contribution in [0.5, 0.6) is 17.2 Å². The van der Waals surface area contributed by atoms with Gasteiger partial charge in [0.25, 0.3) is 0 Å². The van der Waals surface area contributed by atoms with Crippen molar-refractivity contribution in [1.82, 2.24) is 4.90 Å². The number of ether oxygens (including phenoxy) is 3. The Bertz CT molecular complexity index is 843. The third-order valence-electron chi connectivity index (χ3n) is 6.04. The van der Waals surface area contributed by atoms with Crippen LogP contribution in [0, 0.1) is 0 Å². The molecule has 0 spiro atoms. The summed E-state index contributed by atoms with van der Waals surface area (Å²) in [7, 11) is 1.63. The molecule has 0 bridgehead atoms. The van der Waals surface area contributed by atoms with Crippen molar-refractivity contribution in [2.24, 2.45) is 0 Å². The first-order valence-corrected chi connectivity index (χ1v) is 11.0. The summed E-state index contributed by atoms with van der Waals surface area (Å²) in [6.07, 6.45) is 6.24. The number of unbranched alkanes of at least 4 members (excludes halogenated alkanes) is 1. The lowest BCUT2D eigenvalue weighted by molar-refractivity contribution is 0.0896. The minimum Gasteiger partial charge on any atom is -0.497 e. The zero-order chi connectivity index (χ0) is 20.8. The van der Waals surface area contributed by atoms with Crippen LogP contribution < -0.4 is 14.2 Å². The molecular weight excluding hydrogens is 378 g/mol. The van der Waals surface area contributed by atoms with E-state index in [0.717, 1.165) is 36.4 Å². The number of nitrogens with zero attached hydrogens (tertiary/aromatic N) is 1. The average molecular weight is 410 g/mol. The molecule has 30 heavy (non-hydrogen) atoms. The Balaban J connectivity index is 1.29. The standard InChI is InChI=1S/C25H31NO4/c1-28-20-9-7-19(8-10-20)23-18-30-24-17-21(11-12-22(24)25(23)27)29-16-6-5-15-26-13-3-2-4-14-26/h7-12,17,23H,2-6,13-16,18H2,1H3. The van der Waals surface area contributed by atoms with E-state index in [0.29, 0.717) is 24.5 Å². The third kappa shape index (κ3) is 4.96. The summed E-state index contributed by atoms with van der Waals surface area (Å²) in [6, 6.07) is 13.2. The van der Waals surface area contributed by atoms with Gasteiger partial charge in [0.1, 0.15) is 23.9 Å². The molecule has 2 heterocycles. The van der Waals surface area contributed by atoms with Crippen LogP contribution >= 0.6 is 0 Å². The average Bonchev–Trinajstić information content (AvgIpc) is 2.80. The summed E-state index contributed by atoms with van der Waals surface area (Å²) < 4.78 is 17.0. The van der Waals surface area contributed by atoms with E-state index < -0.39 is 0 Å². The lowest BCUT2D eigenvalue weighted by Crippen LogP contribution is -2.30. The van der Waals surface area contributed by atoms with Crippen molar-refractivity contribution in [3.05, 3.63) is 53.6 Å². The summed E-state index contributed by atoms with van der Waals surface area (Å²) >= 11 is 0. The van der Waals surface area contributed by atoms with Crippen LogP contribution in [0.3, 0.4) is 0 Å². The van der Waals surface area contributed by atoms with Crippen LogP contribution in [0.2, 0.25) is 0 Å². The Hall–Kier alpha value is -2.53. The second-order valence-corrected chi connectivity index (χ2v) is 8.12. The zero-order valence-electron chi connectivity index (χ0n) is 17.8. The molecule has 0 saturated carbocycles. The Labute approximate surface area is 178 Å². The Morgan fingerprint density at radius 2 is 1.77 bits per heavy atom. The van der Waals surface area contributed by atoms with E-state index >= 15 is 0 Å². The van der Waals surface area contributed by atoms with E-state index in [-0.39, 0.29) is 11.7 Å². The second-order valence-electron chi connectivity index (χ2n) is 8.12. The summed E-state index contributed by atoms with van der Waals surface area (Å²) in [5.41, 5.74) is 1.57. The number of rotatable bonds is 8. The number of carbonyl (C=O) groups excluding carboxylic acids is 1. The molecule has 0 aromatic heterocycles. The molecule has 2 aromatic rings. The highest BCUT2D eigenvalue weighted by Crippen LogP contribution is 2.35. The molecular formula is C25H31NO4. The largest absolute Gasteiger partial charge is 0.497 e. The molecule has 0 radical (unpaired) electrons. The molecule has 160 valence electrons. The zero-order valence-corrected chi connectivity index (χ0v) is 17.8. The van der Waals surface area contributed by atoms with Gasteiger partial charge in [0.05, 0.1) is 25.2 Å². The highest BCUT2D eigenvalue weighted by molar-refractivity contribution is 6.04. The summed E-state index contributed by atoms with van der Waals surface area (Å²) in [6.45, 7) is 4.69. The Morgan fingerprint density at radius 3 is 2.53 bits per heavy atom. The van der Waals surface area contributed by atoms with Crippen molar-refractivity contribution >= 4 is 5.78 Å². The van der Waals surface area contributed by atoms with Crippen molar-refractivity contribution in [1.29, 1.82) is 0 Å². The highest BCUT2D eigenvalue weighted by Gasteiger charge is 2.30. The van der Waals surface area contributed by atoms with Gasteiger partial charge in [0, 0.05) is 6.07 Å². The number of Topliss-reactive ketones (excluding diaryl/α,β-unsaturated/α-hetero) is 1. The number of benzene rings is 2. The number of methoxy groups -OCH3 is 1. The maximum atomic E-state index is 13.0. The van der Waals surface area contributed by atoms with Crippen molar-refractivity contribution in [2.45, 2.75) is 38.0 Å². The van der Waals surface area contributed by atoms with E-state index in [1.54, 1.807) is 7.11 Å². The van der Waals surface area contributed by atoms with Crippen LogP contribution in [0.1, 0.15) is 53.9 Å². The normalized spacial score (nSPS) is 19.1. The number of hydrogen-bond donors (Lipinski definition) is 0. The predicted molar refractivity (Wildman–Crippen MR) is 117 cm³/mol. The minimum absolute atomic E-state index is 0.0921. The van der Waals surface area contributed by atoms with Gasteiger partial charge in [0.15, 0.2) is 5.78 Å². The Kier molecular flexibility index (Phi) is 6.90. The molecule has 2 aliphatic rings. The number of likely N-dealkylation sites (tertiary alicyclic amines) is 1. The van der Waals surface area contributed by atoms with Gasteiger partial charge >= 0.3 is 0 Å². The van der Waals surface area contributed by atoms with Gasteiger partial charge in [-0.3, -0.25) is 4.79 Å². The SMILES string of the molecule is COc1ccc(C2COc3cc(OCCCCN4CCCCC4)ccc3C2=O)cc1. The molecule has 0 aliphatic carbocycles. The van der Waals surface area contributed by atoms with Gasteiger partial charge in [-0.15, -0.1) is 0 Å². The molecule has 2 aliphatic heterocycles. The van der Waals surface area contributed by atoms with Gasteiger partial charge in [-0.05, 0) is 75.1 Å². The fraction of sp³-hybridized carbons (Fsp3) is 0.480. The number of carbonyl (C=O) groups is 1. The van der Waals surface area contributed by atoms with E-state index in [1.807, 2.05) is 42.5 Å². The first-order valence-electron chi connectivity index (χ1n) is 11.0. The molecule has 0 N–H and O–H groups in total. The third-order valence-corrected chi connectivity index (χ3v) is 6.04. The number of piperidine rings is 1. The number of fused-ring (bicyclic) bond motifs is 1. The monoisotopic (exact) mass is 409 g/mol. The Morgan fingerprint density at radius 1 is 1.00 bits per heavy atom. The van der Waals surface area contributed by atoms with E-state index in [1.165, 1.54) is 32.4 Å². The molecule has 1 unspecified atom stereocenters. The van der Waals surface area contributed by atoms with Crippen molar-refractivity contribution in [2.75, 3.05) is 40.0 Å². The topological polar surface area (TPSA) is 48.0 Å². The molecule has 5 heteroatoms. The van der Waals surface area contributed by atoms with E-state index in [9.17, 15) is 4.79 Å². The quantitative estimate of drug-likeness (QED) is 0.592. The van der Waals surface area contributed by atoms with Crippen molar-refractivity contribution in [3.63, 3.8) is 0 Å². The fourth-order valence-electron chi connectivity index (χ4n) is 4.25. The van der Waals surface area contributed by atoms with E-state index in [4.69, 9.17) is 14.2 Å². The van der Waals surface area contributed by atoms with Gasteiger partial charge in [-0.2, -0.15) is 0 Å².